The largest absolute Gasteiger partial charge is 0.269 e. The maximum absolute atomic E-state index is 4.66. The molecule has 2 aromatic rings. The topological polar surface area (TPSA) is 17.8 Å². The van der Waals surface area contributed by atoms with E-state index in [1.54, 1.807) is 0 Å². The molecule has 2 heteroatoms. The molecule has 1 aromatic carbocycles. The quantitative estimate of drug-likeness (QED) is 0.777. The molecular weight excluding hydrogens is 208 g/mol. The van der Waals surface area contributed by atoms with Crippen LogP contribution in [-0.4, -0.2) is 9.78 Å². The molecule has 0 N–H and O–H groups in total. The van der Waals surface area contributed by atoms with Gasteiger partial charge in [-0.05, 0) is 26.3 Å². The fourth-order valence-corrected chi connectivity index (χ4v) is 2.05. The Balaban J connectivity index is 2.35. The van der Waals surface area contributed by atoms with E-state index in [1.165, 1.54) is 23.2 Å². The van der Waals surface area contributed by atoms with Crippen LogP contribution >= 0.6 is 0 Å². The Bertz CT molecular complexity index is 480. The first-order valence-corrected chi connectivity index (χ1v) is 6.38. The van der Waals surface area contributed by atoms with Crippen molar-refractivity contribution in [2.45, 2.75) is 40.2 Å². The zero-order valence-corrected chi connectivity index (χ0v) is 10.9. The van der Waals surface area contributed by atoms with Crippen molar-refractivity contribution in [2.24, 2.45) is 0 Å². The second-order valence-electron chi connectivity index (χ2n) is 4.45. The summed E-state index contributed by atoms with van der Waals surface area (Å²) in [5.74, 6) is 0. The van der Waals surface area contributed by atoms with Crippen molar-refractivity contribution in [1.29, 1.82) is 0 Å². The number of nitrogens with zero attached hydrogens (tertiary/aromatic N) is 2. The van der Waals surface area contributed by atoms with Gasteiger partial charge in [0.1, 0.15) is 0 Å². The maximum atomic E-state index is 4.66. The van der Waals surface area contributed by atoms with Crippen LogP contribution in [0.2, 0.25) is 0 Å². The smallest absolute Gasteiger partial charge is 0.0926 e. The Morgan fingerprint density at radius 3 is 2.41 bits per heavy atom. The second kappa shape index (κ2) is 5.17. The van der Waals surface area contributed by atoms with Crippen molar-refractivity contribution < 1.29 is 0 Å². The summed E-state index contributed by atoms with van der Waals surface area (Å²) in [4.78, 5) is 0. The van der Waals surface area contributed by atoms with E-state index < -0.39 is 0 Å². The lowest BCUT2D eigenvalue weighted by Gasteiger charge is -2.01. The second-order valence-corrected chi connectivity index (χ2v) is 4.45. The molecule has 1 aromatic heterocycles. The predicted molar refractivity (Wildman–Crippen MR) is 72.1 cm³/mol. The SMILES string of the molecule is CCCc1cc(-c2ccc(C)cc2)nn1CC. The number of hydrogen-bond acceptors (Lipinski definition) is 1. The van der Waals surface area contributed by atoms with Crippen LogP contribution in [-0.2, 0) is 13.0 Å². The van der Waals surface area contributed by atoms with Gasteiger partial charge in [0.05, 0.1) is 5.69 Å². The molecule has 17 heavy (non-hydrogen) atoms. The van der Waals surface area contributed by atoms with Crippen molar-refractivity contribution in [3.63, 3.8) is 0 Å². The van der Waals surface area contributed by atoms with Crippen molar-refractivity contribution >= 4 is 0 Å². The molecule has 0 aliphatic carbocycles. The van der Waals surface area contributed by atoms with E-state index in [1.807, 2.05) is 0 Å². The van der Waals surface area contributed by atoms with Crippen LogP contribution in [0.15, 0.2) is 30.3 Å². The lowest BCUT2D eigenvalue weighted by molar-refractivity contribution is 0.617. The van der Waals surface area contributed by atoms with Gasteiger partial charge in [0.25, 0.3) is 0 Å². The molecule has 90 valence electrons. The normalized spacial score (nSPS) is 10.8. The van der Waals surface area contributed by atoms with Gasteiger partial charge in [0.2, 0.25) is 0 Å². The Morgan fingerprint density at radius 1 is 1.12 bits per heavy atom. The molecule has 0 bridgehead atoms. The maximum Gasteiger partial charge on any atom is 0.0926 e. The van der Waals surface area contributed by atoms with E-state index in [-0.39, 0.29) is 0 Å². The summed E-state index contributed by atoms with van der Waals surface area (Å²) in [6.45, 7) is 7.40. The van der Waals surface area contributed by atoms with Crippen LogP contribution in [0, 0.1) is 6.92 Å². The minimum Gasteiger partial charge on any atom is -0.269 e. The minimum atomic E-state index is 0.946. The van der Waals surface area contributed by atoms with E-state index in [0.717, 1.165) is 18.7 Å². The summed E-state index contributed by atoms with van der Waals surface area (Å²) >= 11 is 0. The average molecular weight is 228 g/mol. The number of aromatic nitrogens is 2. The van der Waals surface area contributed by atoms with Gasteiger partial charge in [-0.2, -0.15) is 5.10 Å². The van der Waals surface area contributed by atoms with Crippen molar-refractivity contribution in [3.05, 3.63) is 41.6 Å². The molecule has 2 nitrogen and oxygen atoms in total. The van der Waals surface area contributed by atoms with Crippen molar-refractivity contribution in [1.82, 2.24) is 9.78 Å². The van der Waals surface area contributed by atoms with E-state index in [9.17, 15) is 0 Å². The fraction of sp³-hybridized carbons (Fsp3) is 0.400. The molecule has 0 aliphatic heterocycles. The molecule has 0 saturated carbocycles. The zero-order valence-electron chi connectivity index (χ0n) is 10.9. The third-order valence-electron chi connectivity index (χ3n) is 3.02. The highest BCUT2D eigenvalue weighted by atomic mass is 15.3. The number of rotatable bonds is 4. The summed E-state index contributed by atoms with van der Waals surface area (Å²) in [5.41, 5.74) is 4.93. The molecule has 0 amide bonds. The highest BCUT2D eigenvalue weighted by Gasteiger charge is 2.07. The van der Waals surface area contributed by atoms with E-state index >= 15 is 0 Å². The average Bonchev–Trinajstić information content (AvgIpc) is 2.74. The van der Waals surface area contributed by atoms with Crippen LogP contribution in [0.3, 0.4) is 0 Å². The molecule has 0 radical (unpaired) electrons. The summed E-state index contributed by atoms with van der Waals surface area (Å²) in [6.07, 6.45) is 2.27. The fourth-order valence-electron chi connectivity index (χ4n) is 2.05. The molecule has 0 aliphatic rings. The standard InChI is InChI=1S/C15H20N2/c1-4-6-14-11-15(16-17(14)5-2)13-9-7-12(3)8-10-13/h7-11H,4-6H2,1-3H3. The molecule has 0 fully saturated rings. The van der Waals surface area contributed by atoms with Crippen LogP contribution in [0.25, 0.3) is 11.3 Å². The van der Waals surface area contributed by atoms with Crippen LogP contribution in [0.4, 0.5) is 0 Å². The number of hydrogen-bond donors (Lipinski definition) is 0. The number of aryl methyl sites for hydroxylation is 3. The van der Waals surface area contributed by atoms with Crippen molar-refractivity contribution in [2.75, 3.05) is 0 Å². The Morgan fingerprint density at radius 2 is 1.82 bits per heavy atom. The van der Waals surface area contributed by atoms with Gasteiger partial charge in [-0.15, -0.1) is 0 Å². The highest BCUT2D eigenvalue weighted by molar-refractivity contribution is 5.59. The predicted octanol–water partition coefficient (Wildman–Crippen LogP) is 3.83. The molecular formula is C15H20N2. The van der Waals surface area contributed by atoms with Gasteiger partial charge >= 0.3 is 0 Å². The first-order chi connectivity index (χ1) is 8.24. The number of benzene rings is 1. The van der Waals surface area contributed by atoms with E-state index in [4.69, 9.17) is 0 Å². The Kier molecular flexibility index (Phi) is 3.62. The Labute approximate surface area is 103 Å². The van der Waals surface area contributed by atoms with Gasteiger partial charge in [-0.1, -0.05) is 43.2 Å². The summed E-state index contributed by atoms with van der Waals surface area (Å²) in [5, 5.41) is 4.66. The Hall–Kier alpha value is -1.57. The molecule has 2 rings (SSSR count). The zero-order chi connectivity index (χ0) is 12.3. The minimum absolute atomic E-state index is 0.946. The first-order valence-electron chi connectivity index (χ1n) is 6.38. The highest BCUT2D eigenvalue weighted by Crippen LogP contribution is 2.20. The van der Waals surface area contributed by atoms with Gasteiger partial charge in [-0.3, -0.25) is 4.68 Å². The third-order valence-corrected chi connectivity index (χ3v) is 3.02. The molecule has 0 atom stereocenters. The first kappa shape index (κ1) is 11.9. The van der Waals surface area contributed by atoms with Gasteiger partial charge in [0, 0.05) is 17.8 Å². The monoisotopic (exact) mass is 228 g/mol. The van der Waals surface area contributed by atoms with Crippen LogP contribution in [0.5, 0.6) is 0 Å². The van der Waals surface area contributed by atoms with Crippen molar-refractivity contribution in [3.8, 4) is 11.3 Å². The van der Waals surface area contributed by atoms with Crippen LogP contribution < -0.4 is 0 Å². The lowest BCUT2D eigenvalue weighted by Crippen LogP contribution is -2.01. The molecule has 0 unspecified atom stereocenters. The van der Waals surface area contributed by atoms with Gasteiger partial charge in [-0.25, -0.2) is 0 Å². The summed E-state index contributed by atoms with van der Waals surface area (Å²) in [7, 11) is 0. The van der Waals surface area contributed by atoms with Gasteiger partial charge in [0.15, 0.2) is 0 Å². The third kappa shape index (κ3) is 2.57. The van der Waals surface area contributed by atoms with E-state index in [2.05, 4.69) is 60.9 Å². The van der Waals surface area contributed by atoms with Gasteiger partial charge < -0.3 is 0 Å². The summed E-state index contributed by atoms with van der Waals surface area (Å²) < 4.78 is 2.11. The van der Waals surface area contributed by atoms with Crippen LogP contribution in [0.1, 0.15) is 31.5 Å². The molecule has 1 heterocycles. The molecule has 0 saturated heterocycles. The lowest BCUT2D eigenvalue weighted by atomic mass is 10.1. The van der Waals surface area contributed by atoms with E-state index in [0.29, 0.717) is 0 Å². The molecule has 0 spiro atoms. The summed E-state index contributed by atoms with van der Waals surface area (Å²) in [6, 6.07) is 10.8.